The first-order chi connectivity index (χ1) is 13.2. The van der Waals surface area contributed by atoms with Gasteiger partial charge < -0.3 is 26.4 Å². The highest BCUT2D eigenvalue weighted by molar-refractivity contribution is 7.80. The number of amides is 3. The lowest BCUT2D eigenvalue weighted by molar-refractivity contribution is -0.144. The van der Waals surface area contributed by atoms with E-state index < -0.39 is 42.0 Å². The normalized spacial score (nSPS) is 20.8. The summed E-state index contributed by atoms with van der Waals surface area (Å²) in [6.07, 6.45) is 1.68. The molecule has 5 N–H and O–H groups in total. The molecule has 0 aliphatic carbocycles. The van der Waals surface area contributed by atoms with Gasteiger partial charge in [0.05, 0.1) is 6.04 Å². The van der Waals surface area contributed by atoms with Crippen LogP contribution in [0.3, 0.4) is 0 Å². The molecule has 0 aromatic heterocycles. The Morgan fingerprint density at radius 1 is 1.21 bits per heavy atom. The van der Waals surface area contributed by atoms with E-state index in [4.69, 9.17) is 5.73 Å². The highest BCUT2D eigenvalue weighted by atomic mass is 32.1. The number of carboxylic acids is 1. The number of hydrogen-bond donors (Lipinski definition) is 6. The van der Waals surface area contributed by atoms with Crippen LogP contribution in [-0.2, 0) is 19.2 Å². The molecule has 11 heteroatoms. The maximum atomic E-state index is 12.7. The summed E-state index contributed by atoms with van der Waals surface area (Å²) in [6.45, 7) is 3.96. The molecule has 0 aromatic rings. The zero-order valence-corrected chi connectivity index (χ0v) is 17.9. The van der Waals surface area contributed by atoms with E-state index in [1.807, 2.05) is 6.92 Å². The highest BCUT2D eigenvalue weighted by Crippen LogP contribution is 2.19. The zero-order valence-electron chi connectivity index (χ0n) is 16.1. The summed E-state index contributed by atoms with van der Waals surface area (Å²) in [6, 6.07) is -3.60. The number of carbonyl (C=O) groups excluding carboxylic acids is 3. The minimum Gasteiger partial charge on any atom is -0.480 e. The number of likely N-dealkylation sites (tertiary alicyclic amines) is 1. The Kier molecular flexibility index (Phi) is 10.1. The van der Waals surface area contributed by atoms with E-state index in [1.165, 1.54) is 4.90 Å². The van der Waals surface area contributed by atoms with Crippen molar-refractivity contribution in [2.75, 3.05) is 18.1 Å². The van der Waals surface area contributed by atoms with Crippen LogP contribution in [0.2, 0.25) is 0 Å². The molecule has 1 aliphatic heterocycles. The summed E-state index contributed by atoms with van der Waals surface area (Å²) in [5.41, 5.74) is 5.73. The van der Waals surface area contributed by atoms with Crippen molar-refractivity contribution in [3.63, 3.8) is 0 Å². The van der Waals surface area contributed by atoms with Crippen molar-refractivity contribution in [1.29, 1.82) is 0 Å². The Balaban J connectivity index is 2.80. The quantitative estimate of drug-likeness (QED) is 0.250. The fraction of sp³-hybridized carbons (Fsp3) is 0.765. The van der Waals surface area contributed by atoms with E-state index in [1.54, 1.807) is 6.92 Å². The van der Waals surface area contributed by atoms with E-state index in [9.17, 15) is 24.3 Å². The molecule has 1 aliphatic rings. The standard InChI is InChI=1S/C17H30N4O5S2/c1-3-9(2)13(17(25)26)20-14(22)11(8-28)19-15(23)12-5-4-6-21(12)16(24)10(18)7-27/h9-13,27-28H,3-8,18H2,1-2H3,(H,19,23)(H,20,22)(H,25,26). The van der Waals surface area contributed by atoms with Crippen molar-refractivity contribution in [1.82, 2.24) is 15.5 Å². The molecular formula is C17H30N4O5S2. The molecule has 1 rings (SSSR count). The van der Waals surface area contributed by atoms with Crippen LogP contribution in [0.4, 0.5) is 0 Å². The Labute approximate surface area is 176 Å². The number of nitrogens with zero attached hydrogens (tertiary/aromatic N) is 1. The largest absolute Gasteiger partial charge is 0.480 e. The number of carbonyl (C=O) groups is 4. The topological polar surface area (TPSA) is 142 Å². The van der Waals surface area contributed by atoms with Crippen LogP contribution in [0, 0.1) is 5.92 Å². The summed E-state index contributed by atoms with van der Waals surface area (Å²) in [4.78, 5) is 50.3. The predicted molar refractivity (Wildman–Crippen MR) is 111 cm³/mol. The van der Waals surface area contributed by atoms with Crippen LogP contribution in [-0.4, -0.2) is 75.9 Å². The first-order valence-corrected chi connectivity index (χ1v) is 10.6. The van der Waals surface area contributed by atoms with Gasteiger partial charge in [0.1, 0.15) is 18.1 Å². The second kappa shape index (κ2) is 11.5. The lowest BCUT2D eigenvalue weighted by Crippen LogP contribution is -2.58. The maximum Gasteiger partial charge on any atom is 0.326 e. The van der Waals surface area contributed by atoms with E-state index >= 15 is 0 Å². The van der Waals surface area contributed by atoms with Gasteiger partial charge in [-0.2, -0.15) is 25.3 Å². The van der Waals surface area contributed by atoms with Crippen molar-refractivity contribution >= 4 is 48.9 Å². The Morgan fingerprint density at radius 2 is 1.86 bits per heavy atom. The van der Waals surface area contributed by atoms with Gasteiger partial charge in [-0.25, -0.2) is 4.79 Å². The molecule has 3 amide bonds. The van der Waals surface area contributed by atoms with E-state index in [2.05, 4.69) is 35.9 Å². The van der Waals surface area contributed by atoms with Crippen molar-refractivity contribution < 1.29 is 24.3 Å². The molecule has 160 valence electrons. The molecular weight excluding hydrogens is 404 g/mol. The van der Waals surface area contributed by atoms with Crippen LogP contribution in [0.15, 0.2) is 0 Å². The average Bonchev–Trinajstić information content (AvgIpc) is 3.17. The molecule has 1 fully saturated rings. The molecule has 0 aromatic carbocycles. The minimum atomic E-state index is -1.14. The van der Waals surface area contributed by atoms with Crippen molar-refractivity contribution in [2.24, 2.45) is 11.7 Å². The highest BCUT2D eigenvalue weighted by Gasteiger charge is 2.37. The SMILES string of the molecule is CCC(C)C(NC(=O)C(CS)NC(=O)C1CCCN1C(=O)C(N)CS)C(=O)O. The number of carboxylic acid groups (broad SMARTS) is 1. The lowest BCUT2D eigenvalue weighted by atomic mass is 9.99. The summed E-state index contributed by atoms with van der Waals surface area (Å²) < 4.78 is 0. The van der Waals surface area contributed by atoms with Gasteiger partial charge in [0.25, 0.3) is 0 Å². The maximum absolute atomic E-state index is 12.7. The van der Waals surface area contributed by atoms with Crippen LogP contribution in [0.25, 0.3) is 0 Å². The van der Waals surface area contributed by atoms with Gasteiger partial charge in [0.2, 0.25) is 17.7 Å². The van der Waals surface area contributed by atoms with Crippen molar-refractivity contribution in [2.45, 2.75) is 57.3 Å². The molecule has 5 atom stereocenters. The number of nitrogens with one attached hydrogen (secondary N) is 2. The Hall–Kier alpha value is -1.46. The first-order valence-electron chi connectivity index (χ1n) is 9.29. The third-order valence-corrected chi connectivity index (χ3v) is 5.70. The molecule has 0 saturated carbocycles. The van der Waals surface area contributed by atoms with Crippen LogP contribution < -0.4 is 16.4 Å². The summed E-state index contributed by atoms with van der Waals surface area (Å²) >= 11 is 8.11. The average molecular weight is 435 g/mol. The fourth-order valence-electron chi connectivity index (χ4n) is 2.99. The van der Waals surface area contributed by atoms with E-state index in [0.29, 0.717) is 25.8 Å². The number of thiol groups is 2. The monoisotopic (exact) mass is 434 g/mol. The summed E-state index contributed by atoms with van der Waals surface area (Å²) in [5.74, 6) is -2.73. The number of hydrogen-bond acceptors (Lipinski definition) is 7. The molecule has 9 nitrogen and oxygen atoms in total. The van der Waals surface area contributed by atoms with Gasteiger partial charge in [0, 0.05) is 18.1 Å². The molecule has 28 heavy (non-hydrogen) atoms. The zero-order chi connectivity index (χ0) is 21.4. The van der Waals surface area contributed by atoms with Gasteiger partial charge in [0.15, 0.2) is 0 Å². The fourth-order valence-corrected chi connectivity index (χ4v) is 3.41. The summed E-state index contributed by atoms with van der Waals surface area (Å²) in [7, 11) is 0. The Bertz CT molecular complexity index is 592. The Morgan fingerprint density at radius 3 is 2.36 bits per heavy atom. The second-order valence-corrected chi connectivity index (χ2v) is 7.66. The van der Waals surface area contributed by atoms with Crippen LogP contribution >= 0.6 is 25.3 Å². The van der Waals surface area contributed by atoms with Gasteiger partial charge in [-0.1, -0.05) is 20.3 Å². The van der Waals surface area contributed by atoms with Crippen LogP contribution in [0.1, 0.15) is 33.1 Å². The van der Waals surface area contributed by atoms with Gasteiger partial charge >= 0.3 is 5.97 Å². The molecule has 0 bridgehead atoms. The first kappa shape index (κ1) is 24.6. The summed E-state index contributed by atoms with van der Waals surface area (Å²) in [5, 5.41) is 14.4. The van der Waals surface area contributed by atoms with Gasteiger partial charge in [-0.3, -0.25) is 14.4 Å². The van der Waals surface area contributed by atoms with E-state index in [0.717, 1.165) is 0 Å². The molecule has 0 radical (unpaired) electrons. The van der Waals surface area contributed by atoms with E-state index in [-0.39, 0.29) is 23.3 Å². The molecule has 5 unspecified atom stereocenters. The molecule has 1 heterocycles. The van der Waals surface area contributed by atoms with Crippen molar-refractivity contribution in [3.8, 4) is 0 Å². The lowest BCUT2D eigenvalue weighted by Gasteiger charge is -2.28. The predicted octanol–water partition coefficient (Wildman–Crippen LogP) is -0.735. The second-order valence-electron chi connectivity index (χ2n) is 6.93. The third kappa shape index (κ3) is 6.28. The third-order valence-electron chi connectivity index (χ3n) is 4.94. The number of nitrogens with two attached hydrogens (primary N) is 1. The van der Waals surface area contributed by atoms with Crippen LogP contribution in [0.5, 0.6) is 0 Å². The smallest absolute Gasteiger partial charge is 0.326 e. The number of aliphatic carboxylic acids is 1. The van der Waals surface area contributed by atoms with Gasteiger partial charge in [-0.15, -0.1) is 0 Å². The molecule has 1 saturated heterocycles. The minimum absolute atomic E-state index is 0.0127. The van der Waals surface area contributed by atoms with Crippen molar-refractivity contribution in [3.05, 3.63) is 0 Å². The molecule has 0 spiro atoms. The number of rotatable bonds is 10. The van der Waals surface area contributed by atoms with Gasteiger partial charge in [-0.05, 0) is 18.8 Å².